The third-order valence-electron chi connectivity index (χ3n) is 2.91. The van der Waals surface area contributed by atoms with Gasteiger partial charge in [0.05, 0.1) is 0 Å². The number of amides is 2. The van der Waals surface area contributed by atoms with E-state index in [-0.39, 0.29) is 12.6 Å². The number of hydrogen-bond acceptors (Lipinski definition) is 3. The zero-order valence-corrected chi connectivity index (χ0v) is 12.5. The van der Waals surface area contributed by atoms with Crippen molar-refractivity contribution in [3.05, 3.63) is 24.3 Å². The molecule has 2 N–H and O–H groups in total. The lowest BCUT2D eigenvalue weighted by atomic mass is 10.2. The van der Waals surface area contributed by atoms with E-state index in [1.165, 1.54) is 0 Å². The molecule has 21 heavy (non-hydrogen) atoms. The summed E-state index contributed by atoms with van der Waals surface area (Å²) in [6, 6.07) is 6.43. The highest BCUT2D eigenvalue weighted by Crippen LogP contribution is 2.16. The maximum absolute atomic E-state index is 11.9. The van der Waals surface area contributed by atoms with Gasteiger partial charge in [0.1, 0.15) is 5.75 Å². The molecule has 0 aliphatic carbocycles. The van der Waals surface area contributed by atoms with Gasteiger partial charge in [0, 0.05) is 19.3 Å². The summed E-state index contributed by atoms with van der Waals surface area (Å²) in [5.41, 5.74) is 0.644. The molecule has 0 saturated heterocycles. The molecular weight excluding hydrogens is 272 g/mol. The number of carboxylic acid groups (broad SMARTS) is 1. The van der Waals surface area contributed by atoms with Gasteiger partial charge in [-0.05, 0) is 30.7 Å². The fourth-order valence-corrected chi connectivity index (χ4v) is 1.70. The maximum Gasteiger partial charge on any atom is 0.341 e. The highest BCUT2D eigenvalue weighted by atomic mass is 16.5. The van der Waals surface area contributed by atoms with Crippen LogP contribution in [0.3, 0.4) is 0 Å². The fraction of sp³-hybridized carbons (Fsp3) is 0.467. The number of anilines is 1. The van der Waals surface area contributed by atoms with Gasteiger partial charge in [-0.15, -0.1) is 0 Å². The number of ether oxygens (including phenoxy) is 1. The first-order chi connectivity index (χ1) is 10.0. The monoisotopic (exact) mass is 294 g/mol. The van der Waals surface area contributed by atoms with E-state index >= 15 is 0 Å². The van der Waals surface area contributed by atoms with Gasteiger partial charge < -0.3 is 20.1 Å². The Hall–Kier alpha value is -2.24. The van der Waals surface area contributed by atoms with Crippen LogP contribution in [0.1, 0.15) is 26.2 Å². The predicted molar refractivity (Wildman–Crippen MR) is 80.7 cm³/mol. The van der Waals surface area contributed by atoms with Crippen molar-refractivity contribution in [2.45, 2.75) is 26.2 Å². The van der Waals surface area contributed by atoms with Crippen LogP contribution in [0, 0.1) is 0 Å². The summed E-state index contributed by atoms with van der Waals surface area (Å²) in [7, 11) is 1.76. The van der Waals surface area contributed by atoms with E-state index in [1.807, 2.05) is 0 Å². The van der Waals surface area contributed by atoms with Gasteiger partial charge in [0.15, 0.2) is 6.61 Å². The van der Waals surface area contributed by atoms with E-state index in [0.717, 1.165) is 25.8 Å². The van der Waals surface area contributed by atoms with Crippen LogP contribution in [0.4, 0.5) is 10.5 Å². The summed E-state index contributed by atoms with van der Waals surface area (Å²) in [6.45, 7) is 2.46. The number of carbonyl (C=O) groups is 2. The summed E-state index contributed by atoms with van der Waals surface area (Å²) in [6.07, 6.45) is 3.21. The van der Waals surface area contributed by atoms with Gasteiger partial charge in [-0.3, -0.25) is 0 Å². The quantitative estimate of drug-likeness (QED) is 0.723. The molecule has 0 spiro atoms. The predicted octanol–water partition coefficient (Wildman–Crippen LogP) is 2.80. The summed E-state index contributed by atoms with van der Waals surface area (Å²) in [5.74, 6) is -0.576. The number of hydrogen-bond donors (Lipinski definition) is 2. The molecule has 0 aromatic heterocycles. The van der Waals surface area contributed by atoms with Crippen molar-refractivity contribution < 1.29 is 19.4 Å². The molecule has 0 aliphatic rings. The molecule has 1 aromatic carbocycles. The molecule has 0 heterocycles. The summed E-state index contributed by atoms with van der Waals surface area (Å²) >= 11 is 0. The Morgan fingerprint density at radius 3 is 2.48 bits per heavy atom. The van der Waals surface area contributed by atoms with Crippen LogP contribution in [0.2, 0.25) is 0 Å². The summed E-state index contributed by atoms with van der Waals surface area (Å²) in [5, 5.41) is 11.3. The second-order valence-corrected chi connectivity index (χ2v) is 4.77. The van der Waals surface area contributed by atoms with Crippen molar-refractivity contribution in [3.8, 4) is 5.75 Å². The fourth-order valence-electron chi connectivity index (χ4n) is 1.70. The third kappa shape index (κ3) is 6.65. The minimum Gasteiger partial charge on any atom is -0.482 e. The molecule has 0 atom stereocenters. The van der Waals surface area contributed by atoms with Crippen molar-refractivity contribution in [1.29, 1.82) is 0 Å². The van der Waals surface area contributed by atoms with Gasteiger partial charge in [-0.1, -0.05) is 19.8 Å². The molecule has 0 bridgehead atoms. The molecule has 0 fully saturated rings. The molecule has 0 radical (unpaired) electrons. The van der Waals surface area contributed by atoms with Gasteiger partial charge in [-0.25, -0.2) is 9.59 Å². The minimum absolute atomic E-state index is 0.162. The zero-order valence-electron chi connectivity index (χ0n) is 12.5. The average molecular weight is 294 g/mol. The largest absolute Gasteiger partial charge is 0.482 e. The van der Waals surface area contributed by atoms with Crippen LogP contribution in [0.15, 0.2) is 24.3 Å². The SMILES string of the molecule is CCCCCN(C)C(=O)Nc1ccc(OCC(=O)O)cc1. The second-order valence-electron chi connectivity index (χ2n) is 4.77. The number of carbonyl (C=O) groups excluding carboxylic acids is 1. The first-order valence-corrected chi connectivity index (χ1v) is 6.99. The molecule has 0 aliphatic heterocycles. The van der Waals surface area contributed by atoms with Crippen LogP contribution in [-0.4, -0.2) is 42.2 Å². The smallest absolute Gasteiger partial charge is 0.341 e. The average Bonchev–Trinajstić information content (AvgIpc) is 2.46. The Balaban J connectivity index is 2.43. The van der Waals surface area contributed by atoms with E-state index < -0.39 is 5.97 Å². The van der Waals surface area contributed by atoms with Gasteiger partial charge in [0.2, 0.25) is 0 Å². The topological polar surface area (TPSA) is 78.9 Å². The molecule has 0 unspecified atom stereocenters. The first kappa shape index (κ1) is 16.8. The molecule has 6 heteroatoms. The van der Waals surface area contributed by atoms with E-state index in [4.69, 9.17) is 9.84 Å². The van der Waals surface area contributed by atoms with Crippen LogP contribution in [0.5, 0.6) is 5.75 Å². The molecule has 1 rings (SSSR count). The van der Waals surface area contributed by atoms with Gasteiger partial charge >= 0.3 is 12.0 Å². The van der Waals surface area contributed by atoms with E-state index in [1.54, 1.807) is 36.2 Å². The van der Waals surface area contributed by atoms with Crippen molar-refractivity contribution in [1.82, 2.24) is 4.90 Å². The number of urea groups is 1. The standard InChI is InChI=1S/C15H22N2O4/c1-3-4-5-10-17(2)15(20)16-12-6-8-13(9-7-12)21-11-14(18)19/h6-9H,3-5,10-11H2,1-2H3,(H,16,20)(H,18,19). The van der Waals surface area contributed by atoms with Crippen LogP contribution in [-0.2, 0) is 4.79 Å². The van der Waals surface area contributed by atoms with E-state index in [9.17, 15) is 9.59 Å². The third-order valence-corrected chi connectivity index (χ3v) is 2.91. The molecule has 1 aromatic rings. The highest BCUT2D eigenvalue weighted by Gasteiger charge is 2.08. The van der Waals surface area contributed by atoms with Crippen molar-refractivity contribution in [3.63, 3.8) is 0 Å². The van der Waals surface area contributed by atoms with Crippen LogP contribution < -0.4 is 10.1 Å². The first-order valence-electron chi connectivity index (χ1n) is 6.99. The summed E-state index contributed by atoms with van der Waals surface area (Å²) in [4.78, 5) is 23.9. The lowest BCUT2D eigenvalue weighted by molar-refractivity contribution is -0.139. The van der Waals surface area contributed by atoms with Gasteiger partial charge in [0.25, 0.3) is 0 Å². The Labute approximate surface area is 124 Å². The number of nitrogens with one attached hydrogen (secondary N) is 1. The number of rotatable bonds is 8. The number of nitrogens with zero attached hydrogens (tertiary/aromatic N) is 1. The van der Waals surface area contributed by atoms with E-state index in [2.05, 4.69) is 12.2 Å². The normalized spacial score (nSPS) is 10.0. The number of carboxylic acids is 1. The Kier molecular flexibility index (Phi) is 7.08. The lowest BCUT2D eigenvalue weighted by Crippen LogP contribution is -2.32. The van der Waals surface area contributed by atoms with E-state index in [0.29, 0.717) is 11.4 Å². The number of unbranched alkanes of at least 4 members (excludes halogenated alkanes) is 2. The maximum atomic E-state index is 11.9. The van der Waals surface area contributed by atoms with Crippen molar-refractivity contribution in [2.24, 2.45) is 0 Å². The Morgan fingerprint density at radius 1 is 1.24 bits per heavy atom. The van der Waals surface area contributed by atoms with Crippen molar-refractivity contribution in [2.75, 3.05) is 25.5 Å². The summed E-state index contributed by atoms with van der Waals surface area (Å²) < 4.78 is 5.02. The van der Waals surface area contributed by atoms with Crippen LogP contribution in [0.25, 0.3) is 0 Å². The Morgan fingerprint density at radius 2 is 1.90 bits per heavy atom. The number of benzene rings is 1. The molecule has 116 valence electrons. The minimum atomic E-state index is -1.03. The van der Waals surface area contributed by atoms with Crippen molar-refractivity contribution >= 4 is 17.7 Å². The molecule has 6 nitrogen and oxygen atoms in total. The van der Waals surface area contributed by atoms with Gasteiger partial charge in [-0.2, -0.15) is 0 Å². The number of aliphatic carboxylic acids is 1. The van der Waals surface area contributed by atoms with Crippen LogP contribution >= 0.6 is 0 Å². The molecule has 2 amide bonds. The molecule has 0 saturated carbocycles. The Bertz CT molecular complexity index is 459. The second kappa shape index (κ2) is 8.84. The lowest BCUT2D eigenvalue weighted by Gasteiger charge is -2.17. The highest BCUT2D eigenvalue weighted by molar-refractivity contribution is 5.89. The zero-order chi connectivity index (χ0) is 15.7. The molecular formula is C15H22N2O4.